The Balaban J connectivity index is 2.20. The fourth-order valence-electron chi connectivity index (χ4n) is 2.04. The molecule has 0 heterocycles. The van der Waals surface area contributed by atoms with Gasteiger partial charge in [0.05, 0.1) is 0 Å². The van der Waals surface area contributed by atoms with E-state index in [0.717, 1.165) is 5.56 Å². The van der Waals surface area contributed by atoms with Gasteiger partial charge in [-0.1, -0.05) is 36.4 Å². The molecule has 0 amide bonds. The van der Waals surface area contributed by atoms with Crippen LogP contribution in [-0.2, 0) is 4.57 Å². The minimum atomic E-state index is -0.751. The summed E-state index contributed by atoms with van der Waals surface area (Å²) < 4.78 is 15.6. The van der Waals surface area contributed by atoms with E-state index in [0.29, 0.717) is 5.75 Å². The maximum absolute atomic E-state index is 10.5. The van der Waals surface area contributed by atoms with Gasteiger partial charge < -0.3 is 0 Å². The fraction of sp³-hybridized carbons (Fsp3) is 0. The molecule has 0 saturated carbocycles. The maximum Gasteiger partial charge on any atom is 0.542 e. The highest BCUT2D eigenvalue weighted by Gasteiger charge is 2.26. The van der Waals surface area contributed by atoms with E-state index >= 15 is 0 Å². The summed E-state index contributed by atoms with van der Waals surface area (Å²) in [5.41, 5.74) is 4.69. The molecule has 1 unspecified atom stereocenters. The smallest absolute Gasteiger partial charge is 0.255 e. The number of hydrogen-bond acceptors (Lipinski definition) is 2. The molecule has 0 aliphatic heterocycles. The molecular weight excluding hydrogens is 207 g/mol. The maximum atomic E-state index is 10.5. The van der Waals surface area contributed by atoms with Gasteiger partial charge in [-0.2, -0.15) is 0 Å². The van der Waals surface area contributed by atoms with Crippen LogP contribution in [0.1, 0.15) is 0 Å². The quantitative estimate of drug-likeness (QED) is 0.610. The molecule has 0 radical (unpaired) electrons. The van der Waals surface area contributed by atoms with Crippen molar-refractivity contribution in [2.75, 3.05) is 0 Å². The molecule has 72 valence electrons. The van der Waals surface area contributed by atoms with Gasteiger partial charge in [0.25, 0.3) is 0 Å². The lowest BCUT2D eigenvalue weighted by Crippen LogP contribution is -1.99. The highest BCUT2D eigenvalue weighted by molar-refractivity contribution is 7.17. The summed E-state index contributed by atoms with van der Waals surface area (Å²) in [6.45, 7) is 0. The molecule has 2 aromatic carbocycles. The molecule has 0 aromatic heterocycles. The van der Waals surface area contributed by atoms with E-state index in [1.807, 2.05) is 24.3 Å². The molecule has 1 aliphatic carbocycles. The van der Waals surface area contributed by atoms with Gasteiger partial charge in [0.1, 0.15) is 0 Å². The van der Waals surface area contributed by atoms with E-state index in [1.165, 1.54) is 16.7 Å². The van der Waals surface area contributed by atoms with Crippen LogP contribution in [0.25, 0.3) is 22.3 Å². The van der Waals surface area contributed by atoms with Crippen LogP contribution in [0.2, 0.25) is 0 Å². The zero-order valence-electron chi connectivity index (χ0n) is 7.86. The Morgan fingerprint density at radius 3 is 2.40 bits per heavy atom. The third-order valence-corrected chi connectivity index (χ3v) is 2.97. The van der Waals surface area contributed by atoms with E-state index in [4.69, 9.17) is 4.52 Å². The molecule has 1 atom stereocenters. The summed E-state index contributed by atoms with van der Waals surface area (Å²) in [5, 5.41) is 0. The topological polar surface area (TPSA) is 26.3 Å². The number of rotatable bonds is 2. The molecule has 1 aliphatic rings. The van der Waals surface area contributed by atoms with Crippen molar-refractivity contribution in [3.8, 4) is 28.0 Å². The lowest BCUT2D eigenvalue weighted by atomic mass is 9.80. The summed E-state index contributed by atoms with van der Waals surface area (Å²) in [6.07, 6.45) is 0. The van der Waals surface area contributed by atoms with Crippen molar-refractivity contribution in [1.29, 1.82) is 0 Å². The molecular formula is C12H8O2P+. The van der Waals surface area contributed by atoms with Gasteiger partial charge in [0.2, 0.25) is 0 Å². The van der Waals surface area contributed by atoms with Crippen LogP contribution in [0.4, 0.5) is 0 Å². The van der Waals surface area contributed by atoms with Crippen LogP contribution in [0, 0.1) is 0 Å². The second kappa shape index (κ2) is 3.18. The van der Waals surface area contributed by atoms with Gasteiger partial charge in [-0.3, -0.25) is 4.52 Å². The lowest BCUT2D eigenvalue weighted by Gasteiger charge is -2.23. The van der Waals surface area contributed by atoms with Crippen LogP contribution in [0.5, 0.6) is 5.75 Å². The van der Waals surface area contributed by atoms with Gasteiger partial charge >= 0.3 is 8.69 Å². The van der Waals surface area contributed by atoms with Crippen molar-refractivity contribution in [1.82, 2.24) is 0 Å². The van der Waals surface area contributed by atoms with Crippen LogP contribution in [0.3, 0.4) is 0 Å². The fourth-order valence-corrected chi connectivity index (χ4v) is 2.30. The first-order chi connectivity index (χ1) is 7.42. The predicted molar refractivity (Wildman–Crippen MR) is 60.5 cm³/mol. The van der Waals surface area contributed by atoms with E-state index in [-0.39, 0.29) is 0 Å². The van der Waals surface area contributed by atoms with Gasteiger partial charge in [-0.25, -0.2) is 0 Å². The van der Waals surface area contributed by atoms with Crippen molar-refractivity contribution in [2.24, 2.45) is 0 Å². The van der Waals surface area contributed by atoms with Crippen molar-refractivity contribution in [2.45, 2.75) is 0 Å². The third-order valence-electron chi connectivity index (χ3n) is 2.66. The second-order valence-electron chi connectivity index (χ2n) is 3.41. The Bertz CT molecular complexity index is 549. The molecule has 3 heteroatoms. The summed E-state index contributed by atoms with van der Waals surface area (Å²) in [6, 6.07) is 14.0. The zero-order valence-corrected chi connectivity index (χ0v) is 8.86. The highest BCUT2D eigenvalue weighted by Crippen LogP contribution is 2.51. The van der Waals surface area contributed by atoms with Crippen molar-refractivity contribution >= 4 is 8.69 Å². The van der Waals surface area contributed by atoms with Crippen LogP contribution in [0.15, 0.2) is 42.5 Å². The van der Waals surface area contributed by atoms with Gasteiger partial charge in [-0.15, -0.1) is 0 Å². The standard InChI is InChI=1S/C12H8O2P/c13-15-14-11-7-3-6-10-8-4-1-2-5-9(8)12(10)11/h1-7,15H/q+1. The molecule has 0 saturated heterocycles. The number of fused-ring (bicyclic) bond motifs is 4. The lowest BCUT2D eigenvalue weighted by molar-refractivity contribution is 0.526. The Hall–Kier alpha value is -1.66. The Morgan fingerprint density at radius 2 is 1.60 bits per heavy atom. The minimum Gasteiger partial charge on any atom is -0.255 e. The minimum absolute atomic E-state index is 0.708. The summed E-state index contributed by atoms with van der Waals surface area (Å²) in [5.74, 6) is 0.708. The summed E-state index contributed by atoms with van der Waals surface area (Å²) in [7, 11) is -0.751. The second-order valence-corrected chi connectivity index (χ2v) is 3.78. The molecule has 2 nitrogen and oxygen atoms in total. The van der Waals surface area contributed by atoms with Gasteiger partial charge in [-0.05, 0) is 27.3 Å². The normalized spacial score (nSPS) is 11.5. The number of benzene rings is 2. The highest BCUT2D eigenvalue weighted by atomic mass is 31.1. The average Bonchev–Trinajstić information content (AvgIpc) is 2.26. The van der Waals surface area contributed by atoms with E-state index in [9.17, 15) is 4.57 Å². The molecule has 15 heavy (non-hydrogen) atoms. The van der Waals surface area contributed by atoms with Crippen LogP contribution >= 0.6 is 8.69 Å². The van der Waals surface area contributed by atoms with Crippen molar-refractivity contribution in [3.05, 3.63) is 42.5 Å². The molecule has 3 rings (SSSR count). The van der Waals surface area contributed by atoms with E-state index in [1.54, 1.807) is 0 Å². The van der Waals surface area contributed by atoms with Crippen LogP contribution in [-0.4, -0.2) is 0 Å². The molecule has 0 bridgehead atoms. The Labute approximate surface area is 88.8 Å². The molecule has 0 fully saturated rings. The van der Waals surface area contributed by atoms with Crippen molar-refractivity contribution in [3.63, 3.8) is 0 Å². The Kier molecular flexibility index (Phi) is 1.83. The van der Waals surface area contributed by atoms with Crippen molar-refractivity contribution < 1.29 is 9.09 Å². The largest absolute Gasteiger partial charge is 0.542 e. The molecule has 0 spiro atoms. The van der Waals surface area contributed by atoms with E-state index < -0.39 is 8.69 Å². The first-order valence-electron chi connectivity index (χ1n) is 4.68. The Morgan fingerprint density at radius 1 is 0.867 bits per heavy atom. The SMILES string of the molecule is O=[PH+]Oc1cccc2c1-c1ccccc1-2. The average molecular weight is 215 g/mol. The van der Waals surface area contributed by atoms with Crippen LogP contribution < -0.4 is 4.52 Å². The molecule has 0 N–H and O–H groups in total. The molecule has 2 aromatic rings. The first-order valence-corrected chi connectivity index (χ1v) is 5.50. The monoisotopic (exact) mass is 215 g/mol. The summed E-state index contributed by atoms with van der Waals surface area (Å²) in [4.78, 5) is 0. The van der Waals surface area contributed by atoms with Gasteiger partial charge in [0, 0.05) is 5.56 Å². The third kappa shape index (κ3) is 1.12. The van der Waals surface area contributed by atoms with E-state index in [2.05, 4.69) is 18.2 Å². The summed E-state index contributed by atoms with van der Waals surface area (Å²) >= 11 is 0. The predicted octanol–water partition coefficient (Wildman–Crippen LogP) is 3.65. The van der Waals surface area contributed by atoms with Gasteiger partial charge in [0.15, 0.2) is 5.75 Å². The zero-order chi connectivity index (χ0) is 10.3. The number of hydrogen-bond donors (Lipinski definition) is 0. The first kappa shape index (κ1) is 8.63.